The van der Waals surface area contributed by atoms with Crippen LogP contribution in [0.3, 0.4) is 0 Å². The number of nitrogens with zero attached hydrogens (tertiary/aromatic N) is 3. The molecule has 25 heavy (non-hydrogen) atoms. The molecule has 0 spiro atoms. The highest BCUT2D eigenvalue weighted by Crippen LogP contribution is 2.34. The number of carbonyl (C=O) groups excluding carboxylic acids is 1. The summed E-state index contributed by atoms with van der Waals surface area (Å²) in [5.74, 6) is 1.20. The van der Waals surface area contributed by atoms with Crippen LogP contribution in [-0.4, -0.2) is 27.7 Å². The van der Waals surface area contributed by atoms with Gasteiger partial charge in [0.25, 0.3) is 5.91 Å². The molecule has 0 N–H and O–H groups in total. The van der Waals surface area contributed by atoms with Crippen molar-refractivity contribution in [1.82, 2.24) is 15.2 Å². The van der Waals surface area contributed by atoms with Gasteiger partial charge >= 0.3 is 0 Å². The van der Waals surface area contributed by atoms with Gasteiger partial charge in [-0.15, -0.1) is 0 Å². The zero-order valence-electron chi connectivity index (χ0n) is 14.0. The average Bonchev–Trinajstić information content (AvgIpc) is 3.41. The summed E-state index contributed by atoms with van der Waals surface area (Å²) in [7, 11) is 0. The van der Waals surface area contributed by atoms with Crippen molar-refractivity contribution >= 4 is 5.91 Å². The molecule has 1 fully saturated rings. The Balaban J connectivity index is 1.57. The Morgan fingerprint density at radius 3 is 2.80 bits per heavy atom. The smallest absolute Gasteiger partial charge is 0.276 e. The van der Waals surface area contributed by atoms with E-state index in [9.17, 15) is 4.79 Å². The minimum absolute atomic E-state index is 0.0859. The Kier molecular flexibility index (Phi) is 4.09. The van der Waals surface area contributed by atoms with E-state index < -0.39 is 0 Å². The number of aromatic nitrogens is 2. The first-order valence-corrected chi connectivity index (χ1v) is 8.55. The Morgan fingerprint density at radius 2 is 2.04 bits per heavy atom. The lowest BCUT2D eigenvalue weighted by Gasteiger charge is -2.21. The van der Waals surface area contributed by atoms with Crippen LogP contribution in [0.5, 0.6) is 0 Å². The van der Waals surface area contributed by atoms with Crippen molar-refractivity contribution in [2.75, 3.05) is 6.54 Å². The summed E-state index contributed by atoms with van der Waals surface area (Å²) in [4.78, 5) is 14.7. The molecular formula is C19H19N3O3. The van der Waals surface area contributed by atoms with Gasteiger partial charge in [0.1, 0.15) is 0 Å². The number of likely N-dealkylation sites (tertiary alicyclic amines) is 1. The molecule has 1 aliphatic rings. The molecule has 0 saturated carbocycles. The normalized spacial score (nSPS) is 17.2. The van der Waals surface area contributed by atoms with Crippen LogP contribution in [0.15, 0.2) is 51.5 Å². The highest BCUT2D eigenvalue weighted by atomic mass is 16.5. The highest BCUT2D eigenvalue weighted by molar-refractivity contribution is 5.93. The molecule has 0 bridgehead atoms. The molecule has 3 heterocycles. The topological polar surface area (TPSA) is 72.4 Å². The second-order valence-corrected chi connectivity index (χ2v) is 6.17. The highest BCUT2D eigenvalue weighted by Gasteiger charge is 2.34. The van der Waals surface area contributed by atoms with Crippen molar-refractivity contribution < 1.29 is 13.8 Å². The fourth-order valence-electron chi connectivity index (χ4n) is 3.22. The van der Waals surface area contributed by atoms with E-state index in [1.807, 2.05) is 43.3 Å². The monoisotopic (exact) mass is 337 g/mol. The summed E-state index contributed by atoms with van der Waals surface area (Å²) in [6, 6.07) is 13.2. The predicted molar refractivity (Wildman–Crippen MR) is 90.8 cm³/mol. The lowest BCUT2D eigenvalue weighted by molar-refractivity contribution is 0.0704. The van der Waals surface area contributed by atoms with Gasteiger partial charge < -0.3 is 13.9 Å². The van der Waals surface area contributed by atoms with Gasteiger partial charge in [0.15, 0.2) is 17.2 Å². The van der Waals surface area contributed by atoms with Gasteiger partial charge in [0.05, 0.1) is 11.7 Å². The maximum atomic E-state index is 12.9. The van der Waals surface area contributed by atoms with E-state index in [0.717, 1.165) is 36.3 Å². The minimum Gasteiger partial charge on any atom is -0.359 e. The SMILES string of the molecule is CCc1cc([C@H]2CCCN2C(=O)c2cc(-c3ccccc3)on2)on1. The van der Waals surface area contributed by atoms with Crippen LogP contribution < -0.4 is 0 Å². The summed E-state index contributed by atoms with van der Waals surface area (Å²) < 4.78 is 10.8. The molecule has 1 aromatic carbocycles. The van der Waals surface area contributed by atoms with Crippen LogP contribution in [0, 0.1) is 0 Å². The Hall–Kier alpha value is -2.89. The third-order valence-electron chi connectivity index (χ3n) is 4.57. The van der Waals surface area contributed by atoms with E-state index in [2.05, 4.69) is 10.3 Å². The first-order valence-electron chi connectivity index (χ1n) is 8.55. The van der Waals surface area contributed by atoms with Crippen LogP contribution in [-0.2, 0) is 6.42 Å². The van der Waals surface area contributed by atoms with Crippen LogP contribution >= 0.6 is 0 Å². The molecule has 1 saturated heterocycles. The maximum Gasteiger partial charge on any atom is 0.276 e. The molecule has 4 rings (SSSR count). The lowest BCUT2D eigenvalue weighted by atomic mass is 10.1. The van der Waals surface area contributed by atoms with E-state index in [1.54, 1.807) is 11.0 Å². The number of benzene rings is 1. The summed E-state index contributed by atoms with van der Waals surface area (Å²) in [5, 5.41) is 8.02. The van der Waals surface area contributed by atoms with Crippen molar-refractivity contribution in [3.63, 3.8) is 0 Å². The van der Waals surface area contributed by atoms with E-state index in [4.69, 9.17) is 9.05 Å². The molecule has 6 nitrogen and oxygen atoms in total. The van der Waals surface area contributed by atoms with Gasteiger partial charge in [-0.05, 0) is 19.3 Å². The summed E-state index contributed by atoms with van der Waals surface area (Å²) in [6.07, 6.45) is 2.61. The molecule has 0 aliphatic carbocycles. The fourth-order valence-corrected chi connectivity index (χ4v) is 3.22. The van der Waals surface area contributed by atoms with E-state index >= 15 is 0 Å². The van der Waals surface area contributed by atoms with E-state index in [1.165, 1.54) is 0 Å². The van der Waals surface area contributed by atoms with Gasteiger partial charge in [-0.3, -0.25) is 4.79 Å². The standard InChI is InChI=1S/C19H19N3O3/c1-2-14-11-18(25-20-14)16-9-6-10-22(16)19(23)15-12-17(24-21-15)13-7-4-3-5-8-13/h3-5,7-8,11-12,16H,2,6,9-10H2,1H3/t16-/m1/s1. The number of aryl methyl sites for hydroxylation is 1. The summed E-state index contributed by atoms with van der Waals surface area (Å²) in [6.45, 7) is 2.71. The predicted octanol–water partition coefficient (Wildman–Crippen LogP) is 3.87. The fraction of sp³-hybridized carbons (Fsp3) is 0.316. The second kappa shape index (κ2) is 6.55. The zero-order chi connectivity index (χ0) is 17.2. The molecule has 0 radical (unpaired) electrons. The van der Waals surface area contributed by atoms with Crippen LogP contribution in [0.1, 0.15) is 47.7 Å². The molecule has 2 aromatic heterocycles. The number of carbonyl (C=O) groups is 1. The number of hydrogen-bond donors (Lipinski definition) is 0. The largest absolute Gasteiger partial charge is 0.359 e. The Labute approximate surface area is 145 Å². The van der Waals surface area contributed by atoms with Crippen LogP contribution in [0.25, 0.3) is 11.3 Å². The molecular weight excluding hydrogens is 318 g/mol. The van der Waals surface area contributed by atoms with Gasteiger partial charge in [0, 0.05) is 24.2 Å². The molecule has 128 valence electrons. The van der Waals surface area contributed by atoms with Gasteiger partial charge in [-0.1, -0.05) is 47.6 Å². The first-order chi connectivity index (χ1) is 12.3. The molecule has 1 aliphatic heterocycles. The van der Waals surface area contributed by atoms with Crippen LogP contribution in [0.4, 0.5) is 0 Å². The Morgan fingerprint density at radius 1 is 1.20 bits per heavy atom. The van der Waals surface area contributed by atoms with Crippen molar-refractivity contribution in [3.8, 4) is 11.3 Å². The molecule has 3 aromatic rings. The number of amides is 1. The molecule has 1 amide bonds. The quantitative estimate of drug-likeness (QED) is 0.722. The van der Waals surface area contributed by atoms with Gasteiger partial charge in [-0.25, -0.2) is 0 Å². The van der Waals surface area contributed by atoms with Crippen molar-refractivity contribution in [2.45, 2.75) is 32.2 Å². The second-order valence-electron chi connectivity index (χ2n) is 6.17. The lowest BCUT2D eigenvalue weighted by Crippen LogP contribution is -2.30. The van der Waals surface area contributed by atoms with Crippen molar-refractivity contribution in [2.24, 2.45) is 0 Å². The maximum absolute atomic E-state index is 12.9. The molecule has 0 unspecified atom stereocenters. The van der Waals surface area contributed by atoms with E-state index in [0.29, 0.717) is 18.0 Å². The van der Waals surface area contributed by atoms with Gasteiger partial charge in [-0.2, -0.15) is 0 Å². The Bertz CT molecular complexity index is 869. The summed E-state index contributed by atoms with van der Waals surface area (Å²) in [5.41, 5.74) is 2.12. The zero-order valence-corrected chi connectivity index (χ0v) is 14.0. The molecule has 6 heteroatoms. The minimum atomic E-state index is -0.136. The van der Waals surface area contributed by atoms with Gasteiger partial charge in [0.2, 0.25) is 0 Å². The first kappa shape index (κ1) is 15.6. The third kappa shape index (κ3) is 2.95. The average molecular weight is 337 g/mol. The van der Waals surface area contributed by atoms with Crippen molar-refractivity contribution in [3.05, 3.63) is 59.6 Å². The third-order valence-corrected chi connectivity index (χ3v) is 4.57. The van der Waals surface area contributed by atoms with Crippen LogP contribution in [0.2, 0.25) is 0 Å². The number of hydrogen-bond acceptors (Lipinski definition) is 5. The van der Waals surface area contributed by atoms with E-state index in [-0.39, 0.29) is 11.9 Å². The molecule has 1 atom stereocenters. The summed E-state index contributed by atoms with van der Waals surface area (Å²) >= 11 is 0. The number of rotatable bonds is 4. The van der Waals surface area contributed by atoms with Crippen molar-refractivity contribution in [1.29, 1.82) is 0 Å².